The Morgan fingerprint density at radius 2 is 2.29 bits per heavy atom. The topological polar surface area (TPSA) is 54.7 Å². The highest BCUT2D eigenvalue weighted by molar-refractivity contribution is 9.10. The molecule has 2 aromatic rings. The van der Waals surface area contributed by atoms with Crippen LogP contribution in [0.4, 0.5) is 0 Å². The summed E-state index contributed by atoms with van der Waals surface area (Å²) in [6.45, 7) is 4.13. The van der Waals surface area contributed by atoms with Gasteiger partial charge in [-0.05, 0) is 22.0 Å². The number of hydrogen-bond donors (Lipinski definition) is 1. The quantitative estimate of drug-likeness (QED) is 0.898. The highest BCUT2D eigenvalue weighted by Gasteiger charge is 2.12. The third kappa shape index (κ3) is 1.59. The van der Waals surface area contributed by atoms with Crippen LogP contribution in [0.5, 0.6) is 0 Å². The molecule has 2 heterocycles. The summed E-state index contributed by atoms with van der Waals surface area (Å²) in [5.74, 6) is 1.89. The van der Waals surface area contributed by atoms with Crippen LogP contribution in [0.2, 0.25) is 0 Å². The highest BCUT2D eigenvalue weighted by Crippen LogP contribution is 2.26. The second-order valence-electron chi connectivity index (χ2n) is 3.31. The van der Waals surface area contributed by atoms with Crippen LogP contribution in [-0.2, 0) is 0 Å². The van der Waals surface area contributed by atoms with Crippen LogP contribution < -0.4 is 0 Å². The Morgan fingerprint density at radius 3 is 2.79 bits per heavy atom. The summed E-state index contributed by atoms with van der Waals surface area (Å²) >= 11 is 3.29. The number of aromatic amines is 1. The van der Waals surface area contributed by atoms with Gasteiger partial charge in [0, 0.05) is 5.92 Å². The summed E-state index contributed by atoms with van der Waals surface area (Å²) in [4.78, 5) is 4.36. The normalized spacial score (nSPS) is 11.1. The van der Waals surface area contributed by atoms with Gasteiger partial charge in [0.1, 0.15) is 5.82 Å². The first-order chi connectivity index (χ1) is 6.68. The Hall–Kier alpha value is -1.10. The van der Waals surface area contributed by atoms with E-state index in [0.717, 1.165) is 11.4 Å². The summed E-state index contributed by atoms with van der Waals surface area (Å²) in [5, 5.41) is 7.01. The van der Waals surface area contributed by atoms with Gasteiger partial charge in [-0.15, -0.1) is 0 Å². The number of aromatic nitrogens is 3. The minimum Gasteiger partial charge on any atom is -0.457 e. The molecule has 4 nitrogen and oxygen atoms in total. The summed E-state index contributed by atoms with van der Waals surface area (Å²) < 4.78 is 5.77. The number of rotatable bonds is 2. The lowest BCUT2D eigenvalue weighted by atomic mass is 10.2. The van der Waals surface area contributed by atoms with Gasteiger partial charge in [0.25, 0.3) is 0 Å². The number of H-pyrrole nitrogens is 1. The maximum absolute atomic E-state index is 5.11. The lowest BCUT2D eigenvalue weighted by Gasteiger charge is -1.94. The molecule has 2 aromatic heterocycles. The molecule has 5 heteroatoms. The van der Waals surface area contributed by atoms with Crippen molar-refractivity contribution in [3.05, 3.63) is 22.8 Å². The van der Waals surface area contributed by atoms with Crippen molar-refractivity contribution >= 4 is 15.9 Å². The van der Waals surface area contributed by atoms with E-state index >= 15 is 0 Å². The highest BCUT2D eigenvalue weighted by atomic mass is 79.9. The van der Waals surface area contributed by atoms with Crippen LogP contribution in [0.1, 0.15) is 25.6 Å². The van der Waals surface area contributed by atoms with Gasteiger partial charge in [-0.3, -0.25) is 5.10 Å². The summed E-state index contributed by atoms with van der Waals surface area (Å²) in [6, 6.07) is 1.83. The first-order valence-corrected chi connectivity index (χ1v) is 5.13. The van der Waals surface area contributed by atoms with Crippen molar-refractivity contribution in [1.82, 2.24) is 15.2 Å². The fraction of sp³-hybridized carbons (Fsp3) is 0.333. The molecule has 0 aliphatic carbocycles. The predicted molar refractivity (Wildman–Crippen MR) is 55.9 cm³/mol. The molecule has 0 saturated heterocycles. The van der Waals surface area contributed by atoms with Gasteiger partial charge in [0.15, 0.2) is 10.5 Å². The molecule has 74 valence electrons. The number of furan rings is 1. The maximum Gasteiger partial charge on any atom is 0.185 e. The Bertz CT molecular complexity index is 433. The average molecular weight is 256 g/mol. The third-order valence-electron chi connectivity index (χ3n) is 1.91. The second-order valence-corrected chi connectivity index (χ2v) is 4.03. The lowest BCUT2D eigenvalue weighted by Crippen LogP contribution is -1.89. The Kier molecular flexibility index (Phi) is 2.41. The first-order valence-electron chi connectivity index (χ1n) is 4.34. The molecule has 0 unspecified atom stereocenters. The lowest BCUT2D eigenvalue weighted by molar-refractivity contribution is 0.542. The van der Waals surface area contributed by atoms with E-state index in [1.807, 2.05) is 6.07 Å². The third-order valence-corrected chi connectivity index (χ3v) is 2.52. The maximum atomic E-state index is 5.11. The minimum absolute atomic E-state index is 0.349. The molecule has 0 bridgehead atoms. The van der Waals surface area contributed by atoms with Gasteiger partial charge in [-0.2, -0.15) is 5.10 Å². The standard InChI is InChI=1S/C9H10BrN3O/c1-5(2)8-11-9(13-12-8)6-3-4-14-7(6)10/h3-5H,1-2H3,(H,11,12,13). The van der Waals surface area contributed by atoms with Crippen molar-refractivity contribution in [1.29, 1.82) is 0 Å². The van der Waals surface area contributed by atoms with Crippen molar-refractivity contribution in [2.24, 2.45) is 0 Å². The zero-order chi connectivity index (χ0) is 10.1. The molecular weight excluding hydrogens is 246 g/mol. The van der Waals surface area contributed by atoms with E-state index < -0.39 is 0 Å². The van der Waals surface area contributed by atoms with E-state index in [1.54, 1.807) is 6.26 Å². The van der Waals surface area contributed by atoms with Gasteiger partial charge in [0.2, 0.25) is 0 Å². The van der Waals surface area contributed by atoms with Gasteiger partial charge >= 0.3 is 0 Å². The van der Waals surface area contributed by atoms with E-state index in [-0.39, 0.29) is 0 Å². The molecule has 0 amide bonds. The summed E-state index contributed by atoms with van der Waals surface area (Å²) in [5.41, 5.74) is 0.869. The SMILES string of the molecule is CC(C)c1nc(-c2ccoc2Br)n[nH]1. The number of halogens is 1. The monoisotopic (exact) mass is 255 g/mol. The van der Waals surface area contributed by atoms with Gasteiger partial charge in [0.05, 0.1) is 11.8 Å². The number of nitrogens with zero attached hydrogens (tertiary/aromatic N) is 2. The van der Waals surface area contributed by atoms with Crippen LogP contribution in [0.25, 0.3) is 11.4 Å². The molecule has 14 heavy (non-hydrogen) atoms. The van der Waals surface area contributed by atoms with Crippen LogP contribution >= 0.6 is 15.9 Å². The molecule has 0 aliphatic rings. The Labute approximate surface area is 89.9 Å². The van der Waals surface area contributed by atoms with Crippen LogP contribution in [-0.4, -0.2) is 15.2 Å². The zero-order valence-corrected chi connectivity index (χ0v) is 9.50. The Balaban J connectivity index is 2.39. The summed E-state index contributed by atoms with van der Waals surface area (Å²) in [7, 11) is 0. The molecule has 0 saturated carbocycles. The largest absolute Gasteiger partial charge is 0.457 e. The van der Waals surface area contributed by atoms with Crippen LogP contribution in [0.15, 0.2) is 21.4 Å². The van der Waals surface area contributed by atoms with Gasteiger partial charge in [-0.25, -0.2) is 4.98 Å². The van der Waals surface area contributed by atoms with Gasteiger partial charge in [-0.1, -0.05) is 13.8 Å². The first kappa shape index (κ1) is 9.45. The average Bonchev–Trinajstić information content (AvgIpc) is 2.71. The summed E-state index contributed by atoms with van der Waals surface area (Å²) in [6.07, 6.45) is 1.60. The molecule has 2 rings (SSSR count). The number of nitrogens with one attached hydrogen (secondary N) is 1. The predicted octanol–water partition coefficient (Wildman–Crippen LogP) is 2.95. The molecule has 0 aliphatic heterocycles. The van der Waals surface area contributed by atoms with E-state index in [4.69, 9.17) is 4.42 Å². The molecule has 0 aromatic carbocycles. The zero-order valence-electron chi connectivity index (χ0n) is 7.91. The molecule has 0 radical (unpaired) electrons. The Morgan fingerprint density at radius 1 is 1.50 bits per heavy atom. The fourth-order valence-corrected chi connectivity index (χ4v) is 1.52. The van der Waals surface area contributed by atoms with Crippen LogP contribution in [0.3, 0.4) is 0 Å². The van der Waals surface area contributed by atoms with Crippen molar-refractivity contribution in [2.45, 2.75) is 19.8 Å². The minimum atomic E-state index is 0.349. The molecular formula is C9H10BrN3O. The van der Waals surface area contributed by atoms with E-state index in [9.17, 15) is 0 Å². The van der Waals surface area contributed by atoms with Crippen molar-refractivity contribution in [2.75, 3.05) is 0 Å². The molecule has 0 spiro atoms. The smallest absolute Gasteiger partial charge is 0.185 e. The van der Waals surface area contributed by atoms with E-state index in [1.165, 1.54) is 0 Å². The fourth-order valence-electron chi connectivity index (χ4n) is 1.11. The molecule has 0 fully saturated rings. The van der Waals surface area contributed by atoms with Crippen molar-refractivity contribution in [3.8, 4) is 11.4 Å². The van der Waals surface area contributed by atoms with Gasteiger partial charge < -0.3 is 4.42 Å². The van der Waals surface area contributed by atoms with E-state index in [0.29, 0.717) is 16.4 Å². The van der Waals surface area contributed by atoms with Crippen molar-refractivity contribution < 1.29 is 4.42 Å². The second kappa shape index (κ2) is 3.57. The van der Waals surface area contributed by atoms with Crippen molar-refractivity contribution in [3.63, 3.8) is 0 Å². The molecule has 0 atom stereocenters. The van der Waals surface area contributed by atoms with E-state index in [2.05, 4.69) is 45.0 Å². The number of hydrogen-bond acceptors (Lipinski definition) is 3. The van der Waals surface area contributed by atoms with Crippen LogP contribution in [0, 0.1) is 0 Å². The molecule has 1 N–H and O–H groups in total.